The van der Waals surface area contributed by atoms with Crippen molar-refractivity contribution in [3.05, 3.63) is 66.4 Å². The summed E-state index contributed by atoms with van der Waals surface area (Å²) in [5, 5.41) is 4.84. The Morgan fingerprint density at radius 2 is 1.70 bits per heavy atom. The van der Waals surface area contributed by atoms with Crippen LogP contribution in [-0.4, -0.2) is 59.3 Å². The van der Waals surface area contributed by atoms with Gasteiger partial charge in [0.1, 0.15) is 5.75 Å². The summed E-state index contributed by atoms with van der Waals surface area (Å²) in [5.74, 6) is 1.08. The van der Waals surface area contributed by atoms with Crippen LogP contribution in [0.15, 0.2) is 65.6 Å². The molecule has 0 bridgehead atoms. The number of benzene rings is 2. The number of imidazole rings is 1. The van der Waals surface area contributed by atoms with Gasteiger partial charge in [0.25, 0.3) is 0 Å². The number of fused-ring (bicyclic) bond motifs is 1. The largest absolute Gasteiger partial charge is 0.494 e. The van der Waals surface area contributed by atoms with Gasteiger partial charge in [0.05, 0.1) is 34.3 Å². The first kappa shape index (κ1) is 25.0. The molecule has 8 nitrogen and oxygen atoms in total. The van der Waals surface area contributed by atoms with Gasteiger partial charge in [-0.3, -0.25) is 4.79 Å². The van der Waals surface area contributed by atoms with Gasteiger partial charge in [0.15, 0.2) is 15.5 Å². The predicted octanol–water partition coefficient (Wildman–Crippen LogP) is 4.56. The SMILES string of the molecule is CCS(=O)(=O)c1ccc(-c2c(C)nc3ccc(-c4ccc(OCCCN5CCCC5=O)cc4)nn23)cc1. The van der Waals surface area contributed by atoms with Crippen LogP contribution in [0.2, 0.25) is 0 Å². The van der Waals surface area contributed by atoms with E-state index in [1.54, 1.807) is 35.7 Å². The summed E-state index contributed by atoms with van der Waals surface area (Å²) in [5.41, 5.74) is 4.94. The maximum atomic E-state index is 12.2. The third kappa shape index (κ3) is 5.22. The highest BCUT2D eigenvalue weighted by Gasteiger charge is 2.19. The lowest BCUT2D eigenvalue weighted by molar-refractivity contribution is -0.127. The molecule has 0 saturated carbocycles. The van der Waals surface area contributed by atoms with Crippen LogP contribution in [-0.2, 0) is 14.6 Å². The zero-order valence-electron chi connectivity index (χ0n) is 21.1. The third-order valence-electron chi connectivity index (χ3n) is 6.68. The number of ether oxygens (including phenoxy) is 1. The van der Waals surface area contributed by atoms with Crippen LogP contribution in [0.4, 0.5) is 0 Å². The second-order valence-electron chi connectivity index (χ2n) is 9.17. The number of nitrogens with zero attached hydrogens (tertiary/aromatic N) is 4. The molecule has 192 valence electrons. The Kier molecular flexibility index (Phi) is 6.97. The molecular weight excluding hydrogens is 488 g/mol. The van der Waals surface area contributed by atoms with E-state index in [-0.39, 0.29) is 11.7 Å². The molecule has 2 aromatic heterocycles. The number of sulfone groups is 1. The molecule has 0 spiro atoms. The summed E-state index contributed by atoms with van der Waals surface area (Å²) >= 11 is 0. The van der Waals surface area contributed by atoms with E-state index in [1.165, 1.54) is 0 Å². The van der Waals surface area contributed by atoms with Gasteiger partial charge in [-0.1, -0.05) is 19.1 Å². The van der Waals surface area contributed by atoms with E-state index in [9.17, 15) is 13.2 Å². The highest BCUT2D eigenvalue weighted by Crippen LogP contribution is 2.28. The minimum atomic E-state index is -3.26. The molecule has 2 aromatic carbocycles. The Bertz CT molecular complexity index is 1530. The van der Waals surface area contributed by atoms with Gasteiger partial charge in [-0.25, -0.2) is 17.9 Å². The maximum Gasteiger partial charge on any atom is 0.222 e. The zero-order valence-corrected chi connectivity index (χ0v) is 21.9. The van der Waals surface area contributed by atoms with E-state index in [2.05, 4.69) is 4.98 Å². The number of hydrogen-bond acceptors (Lipinski definition) is 6. The molecule has 0 atom stereocenters. The fraction of sp³-hybridized carbons (Fsp3) is 0.321. The van der Waals surface area contributed by atoms with Crippen molar-refractivity contribution in [3.8, 4) is 28.3 Å². The molecule has 1 amide bonds. The number of hydrogen-bond donors (Lipinski definition) is 0. The molecule has 0 unspecified atom stereocenters. The molecule has 1 fully saturated rings. The summed E-state index contributed by atoms with van der Waals surface area (Å²) in [4.78, 5) is 18.6. The van der Waals surface area contributed by atoms with Crippen molar-refractivity contribution in [1.29, 1.82) is 0 Å². The molecule has 0 radical (unpaired) electrons. The minimum Gasteiger partial charge on any atom is -0.494 e. The van der Waals surface area contributed by atoms with Crippen LogP contribution in [0.3, 0.4) is 0 Å². The topological polar surface area (TPSA) is 93.9 Å². The van der Waals surface area contributed by atoms with Crippen molar-refractivity contribution >= 4 is 21.4 Å². The Balaban J connectivity index is 1.32. The lowest BCUT2D eigenvalue weighted by Crippen LogP contribution is -2.26. The average molecular weight is 519 g/mol. The average Bonchev–Trinajstić information content (AvgIpc) is 3.47. The first-order valence-electron chi connectivity index (χ1n) is 12.6. The van der Waals surface area contributed by atoms with Crippen molar-refractivity contribution in [2.45, 2.75) is 38.0 Å². The van der Waals surface area contributed by atoms with Crippen molar-refractivity contribution in [1.82, 2.24) is 19.5 Å². The highest BCUT2D eigenvalue weighted by atomic mass is 32.2. The van der Waals surface area contributed by atoms with Crippen LogP contribution in [0, 0.1) is 6.92 Å². The molecule has 1 saturated heterocycles. The monoisotopic (exact) mass is 518 g/mol. The van der Waals surface area contributed by atoms with E-state index in [0.29, 0.717) is 17.9 Å². The summed E-state index contributed by atoms with van der Waals surface area (Å²) in [7, 11) is -3.26. The molecule has 1 aliphatic rings. The molecule has 9 heteroatoms. The molecule has 5 rings (SSSR count). The molecule has 0 aliphatic carbocycles. The third-order valence-corrected chi connectivity index (χ3v) is 8.43. The Hall–Kier alpha value is -3.72. The Labute approximate surface area is 216 Å². The predicted molar refractivity (Wildman–Crippen MR) is 142 cm³/mol. The molecule has 4 aromatic rings. The maximum absolute atomic E-state index is 12.2. The van der Waals surface area contributed by atoms with Gasteiger partial charge in [0, 0.05) is 30.6 Å². The van der Waals surface area contributed by atoms with Crippen molar-refractivity contribution in [2.24, 2.45) is 0 Å². The van der Waals surface area contributed by atoms with E-state index >= 15 is 0 Å². The number of aryl methyl sites for hydroxylation is 1. The van der Waals surface area contributed by atoms with E-state index in [1.807, 2.05) is 48.2 Å². The number of carbonyl (C=O) groups excluding carboxylic acids is 1. The fourth-order valence-corrected chi connectivity index (χ4v) is 5.51. The second kappa shape index (κ2) is 10.3. The Morgan fingerprint density at radius 1 is 0.973 bits per heavy atom. The lowest BCUT2D eigenvalue weighted by atomic mass is 10.1. The smallest absolute Gasteiger partial charge is 0.222 e. The number of aromatic nitrogens is 3. The van der Waals surface area contributed by atoms with Gasteiger partial charge < -0.3 is 9.64 Å². The van der Waals surface area contributed by atoms with Crippen molar-refractivity contribution < 1.29 is 17.9 Å². The lowest BCUT2D eigenvalue weighted by Gasteiger charge is -2.15. The second-order valence-corrected chi connectivity index (χ2v) is 11.5. The van der Waals surface area contributed by atoms with Crippen LogP contribution >= 0.6 is 0 Å². The van der Waals surface area contributed by atoms with E-state index in [0.717, 1.165) is 65.5 Å². The van der Waals surface area contributed by atoms with Gasteiger partial charge >= 0.3 is 0 Å². The first-order valence-corrected chi connectivity index (χ1v) is 14.2. The number of likely N-dealkylation sites (tertiary alicyclic amines) is 1. The van der Waals surface area contributed by atoms with Crippen LogP contribution < -0.4 is 4.74 Å². The van der Waals surface area contributed by atoms with Gasteiger partial charge in [0.2, 0.25) is 5.91 Å². The number of amides is 1. The van der Waals surface area contributed by atoms with Crippen molar-refractivity contribution in [3.63, 3.8) is 0 Å². The number of rotatable bonds is 9. The van der Waals surface area contributed by atoms with Gasteiger partial charge in [-0.2, -0.15) is 5.10 Å². The van der Waals surface area contributed by atoms with E-state index < -0.39 is 9.84 Å². The summed E-state index contributed by atoms with van der Waals surface area (Å²) in [6.45, 7) is 5.72. The molecule has 3 heterocycles. The minimum absolute atomic E-state index is 0.0648. The summed E-state index contributed by atoms with van der Waals surface area (Å²) < 4.78 is 32.1. The summed E-state index contributed by atoms with van der Waals surface area (Å²) in [6, 6.07) is 18.5. The fourth-order valence-electron chi connectivity index (χ4n) is 4.62. The molecule has 1 aliphatic heterocycles. The van der Waals surface area contributed by atoms with Crippen LogP contribution in [0.25, 0.3) is 28.2 Å². The normalized spacial score (nSPS) is 14.0. The van der Waals surface area contributed by atoms with E-state index in [4.69, 9.17) is 9.84 Å². The first-order chi connectivity index (χ1) is 17.9. The zero-order chi connectivity index (χ0) is 26.0. The van der Waals surface area contributed by atoms with Gasteiger partial charge in [-0.05, 0) is 68.3 Å². The van der Waals surface area contributed by atoms with Crippen molar-refractivity contribution in [2.75, 3.05) is 25.4 Å². The standard InChI is InChI=1S/C28H30N4O4S/c1-3-37(34,35)24-13-9-22(10-14-24)28-20(2)29-26-16-15-25(30-32(26)28)21-7-11-23(12-8-21)36-19-5-18-31-17-4-6-27(31)33/h7-16H,3-6,17-19H2,1-2H3. The summed E-state index contributed by atoms with van der Waals surface area (Å²) in [6.07, 6.45) is 2.42. The molecule has 0 N–H and O–H groups in total. The molecular formula is C28H30N4O4S. The van der Waals surface area contributed by atoms with Crippen LogP contribution in [0.1, 0.15) is 31.9 Å². The van der Waals surface area contributed by atoms with Crippen LogP contribution in [0.5, 0.6) is 5.75 Å². The Morgan fingerprint density at radius 3 is 2.38 bits per heavy atom. The van der Waals surface area contributed by atoms with Gasteiger partial charge in [-0.15, -0.1) is 0 Å². The molecule has 37 heavy (non-hydrogen) atoms. The number of carbonyl (C=O) groups is 1. The highest BCUT2D eigenvalue weighted by molar-refractivity contribution is 7.91. The quantitative estimate of drug-likeness (QED) is 0.302.